The Kier molecular flexibility index (Phi) is 4.90. The third-order valence-corrected chi connectivity index (χ3v) is 5.48. The monoisotopic (exact) mass is 400 g/mol. The summed E-state index contributed by atoms with van der Waals surface area (Å²) in [6, 6.07) is 7.14. The van der Waals surface area contributed by atoms with Crippen molar-refractivity contribution in [1.29, 1.82) is 0 Å². The van der Waals surface area contributed by atoms with Gasteiger partial charge in [-0.2, -0.15) is 0 Å². The molecule has 2 radical (unpaired) electrons. The summed E-state index contributed by atoms with van der Waals surface area (Å²) < 4.78 is 5.73. The van der Waals surface area contributed by atoms with Crippen molar-refractivity contribution in [2.45, 2.75) is 12.8 Å². The van der Waals surface area contributed by atoms with E-state index >= 15 is 0 Å². The zero-order chi connectivity index (χ0) is 14.0. The average Bonchev–Trinajstić information content (AvgIpc) is 2.79. The van der Waals surface area contributed by atoms with Crippen molar-refractivity contribution in [1.82, 2.24) is 0 Å². The van der Waals surface area contributed by atoms with E-state index in [2.05, 4.69) is 22.6 Å². The highest BCUT2D eigenvalue weighted by Gasteiger charge is 2.23. The molecule has 1 N–H and O–H groups in total. The fourth-order valence-corrected chi connectivity index (χ4v) is 4.16. The number of phenols is 1. The van der Waals surface area contributed by atoms with Crippen LogP contribution in [-0.4, -0.2) is 27.7 Å². The molecule has 1 aromatic heterocycles. The van der Waals surface area contributed by atoms with Crippen molar-refractivity contribution < 1.29 is 13.7 Å². The normalized spacial score (nSPS) is 12.1. The number of hydrogen-bond acceptors (Lipinski definition) is 4. The second-order valence-electron chi connectivity index (χ2n) is 4.00. The maximum Gasteiger partial charge on any atom is 0.484 e. The van der Waals surface area contributed by atoms with E-state index < -0.39 is 0 Å². The van der Waals surface area contributed by atoms with Gasteiger partial charge >= 0.3 is 16.6 Å². The Balaban J connectivity index is 2.56. The van der Waals surface area contributed by atoms with E-state index in [4.69, 9.17) is 3.79 Å². The number of carbonyl (C=O) groups excluding carboxylic acids is 1. The van der Waals surface area contributed by atoms with Gasteiger partial charge < -0.3 is 8.90 Å². The van der Waals surface area contributed by atoms with Crippen LogP contribution in [0.15, 0.2) is 29.6 Å². The average molecular weight is 400 g/mol. The summed E-state index contributed by atoms with van der Waals surface area (Å²) in [4.78, 5) is 12.6. The molecule has 1 atom stereocenters. The Bertz CT molecular complexity index is 612. The van der Waals surface area contributed by atoms with Gasteiger partial charge in [-0.3, -0.25) is 4.79 Å². The maximum atomic E-state index is 11.7. The van der Waals surface area contributed by atoms with Gasteiger partial charge in [-0.1, -0.05) is 18.2 Å². The molecule has 19 heavy (non-hydrogen) atoms. The molecule has 0 aliphatic carbocycles. The van der Waals surface area contributed by atoms with Gasteiger partial charge in [0.15, 0.2) is 0 Å². The third kappa shape index (κ3) is 2.97. The van der Waals surface area contributed by atoms with Crippen molar-refractivity contribution in [3.05, 3.63) is 38.1 Å². The van der Waals surface area contributed by atoms with E-state index in [-0.39, 0.29) is 17.6 Å². The SMILES string of the molecule is CC(C(=O)[O][Al])c1scc(I)c1-c1ccccc1O. The Morgan fingerprint density at radius 2 is 2.16 bits per heavy atom. The van der Waals surface area contributed by atoms with Gasteiger partial charge in [-0.15, -0.1) is 11.3 Å². The number of hydrogen-bond donors (Lipinski definition) is 1. The van der Waals surface area contributed by atoms with Crippen LogP contribution in [0.4, 0.5) is 0 Å². The first-order chi connectivity index (χ1) is 9.06. The van der Waals surface area contributed by atoms with Crippen LogP contribution in [0.3, 0.4) is 0 Å². The maximum absolute atomic E-state index is 11.7. The first-order valence-corrected chi connectivity index (χ1v) is 7.95. The predicted molar refractivity (Wildman–Crippen MR) is 84.4 cm³/mol. The Labute approximate surface area is 137 Å². The number of rotatable bonds is 3. The van der Waals surface area contributed by atoms with Crippen molar-refractivity contribution in [2.24, 2.45) is 0 Å². The zero-order valence-electron chi connectivity index (χ0n) is 10.1. The zero-order valence-corrected chi connectivity index (χ0v) is 14.2. The number of carbonyl (C=O) groups is 1. The summed E-state index contributed by atoms with van der Waals surface area (Å²) in [7, 11) is 0. The topological polar surface area (TPSA) is 46.5 Å². The molecule has 2 rings (SSSR count). The van der Waals surface area contributed by atoms with E-state index in [0.29, 0.717) is 0 Å². The first-order valence-electron chi connectivity index (χ1n) is 5.52. The van der Waals surface area contributed by atoms with Gasteiger partial charge in [-0.05, 0) is 35.6 Å². The molecule has 0 saturated heterocycles. The van der Waals surface area contributed by atoms with E-state index in [1.54, 1.807) is 19.1 Å². The van der Waals surface area contributed by atoms with Crippen LogP contribution in [0.5, 0.6) is 5.75 Å². The van der Waals surface area contributed by atoms with Gasteiger partial charge in [0.1, 0.15) is 5.75 Å². The van der Waals surface area contributed by atoms with E-state index in [0.717, 1.165) is 19.6 Å². The van der Waals surface area contributed by atoms with Gasteiger partial charge in [0.25, 0.3) is 5.97 Å². The molecule has 0 saturated carbocycles. The molecule has 0 bridgehead atoms. The van der Waals surface area contributed by atoms with Gasteiger partial charge in [0.05, 0.1) is 5.92 Å². The number of benzene rings is 1. The van der Waals surface area contributed by atoms with Crippen LogP contribution in [0.2, 0.25) is 0 Å². The molecule has 0 aliphatic rings. The third-order valence-electron chi connectivity index (χ3n) is 2.81. The lowest BCUT2D eigenvalue weighted by Crippen LogP contribution is -2.11. The Morgan fingerprint density at radius 3 is 2.79 bits per heavy atom. The number of halogens is 1. The van der Waals surface area contributed by atoms with Crippen LogP contribution in [0.1, 0.15) is 17.7 Å². The number of para-hydroxylation sites is 1. The lowest BCUT2D eigenvalue weighted by Gasteiger charge is -2.13. The van der Waals surface area contributed by atoms with Gasteiger partial charge in [0, 0.05) is 25.0 Å². The molecule has 0 amide bonds. The minimum Gasteiger partial charge on any atom is -0.628 e. The second kappa shape index (κ2) is 6.27. The number of aromatic hydroxyl groups is 1. The summed E-state index contributed by atoms with van der Waals surface area (Å²) >= 11 is 5.69. The fraction of sp³-hybridized carbons (Fsp3) is 0.154. The molecular weight excluding hydrogens is 390 g/mol. The lowest BCUT2D eigenvalue weighted by molar-refractivity contribution is -0.135. The van der Waals surface area contributed by atoms with Crippen molar-refractivity contribution in [3.8, 4) is 16.9 Å². The molecule has 0 spiro atoms. The predicted octanol–water partition coefficient (Wildman–Crippen LogP) is 3.46. The van der Waals surface area contributed by atoms with E-state index in [1.807, 2.05) is 34.1 Å². The van der Waals surface area contributed by atoms with E-state index in [9.17, 15) is 9.90 Å². The summed E-state index contributed by atoms with van der Waals surface area (Å²) in [5.41, 5.74) is 1.65. The first kappa shape index (κ1) is 14.9. The van der Waals surface area contributed by atoms with Crippen LogP contribution in [0, 0.1) is 3.57 Å². The molecule has 1 heterocycles. The molecule has 2 aromatic rings. The van der Waals surface area contributed by atoms with Crippen LogP contribution in [0.25, 0.3) is 11.1 Å². The molecule has 1 aromatic carbocycles. The van der Waals surface area contributed by atoms with Crippen molar-refractivity contribution in [2.75, 3.05) is 0 Å². The molecule has 0 aliphatic heterocycles. The van der Waals surface area contributed by atoms with Gasteiger partial charge in [-0.25, -0.2) is 0 Å². The summed E-state index contributed by atoms with van der Waals surface area (Å²) in [5, 5.41) is 12.0. The Hall–Kier alpha value is -0.548. The summed E-state index contributed by atoms with van der Waals surface area (Å²) in [5.74, 6) is -0.452. The van der Waals surface area contributed by atoms with Crippen molar-refractivity contribution >= 4 is 56.5 Å². The highest BCUT2D eigenvalue weighted by molar-refractivity contribution is 14.1. The number of thiophene rings is 1. The van der Waals surface area contributed by atoms with E-state index in [1.165, 1.54) is 11.3 Å². The molecule has 6 heteroatoms. The molecule has 96 valence electrons. The Morgan fingerprint density at radius 1 is 1.47 bits per heavy atom. The van der Waals surface area contributed by atoms with Crippen LogP contribution in [-0.2, 0) is 8.58 Å². The summed E-state index contributed by atoms with van der Waals surface area (Å²) in [6.45, 7) is 1.80. The highest BCUT2D eigenvalue weighted by Crippen LogP contribution is 2.41. The fourth-order valence-electron chi connectivity index (χ4n) is 1.82. The van der Waals surface area contributed by atoms with Crippen LogP contribution < -0.4 is 0 Å². The smallest absolute Gasteiger partial charge is 0.484 e. The minimum atomic E-state index is -0.361. The molecule has 3 nitrogen and oxygen atoms in total. The second-order valence-corrected chi connectivity index (χ2v) is 6.31. The lowest BCUT2D eigenvalue weighted by atomic mass is 10.00. The highest BCUT2D eigenvalue weighted by atomic mass is 127. The van der Waals surface area contributed by atoms with Crippen LogP contribution >= 0.6 is 33.9 Å². The summed E-state index contributed by atoms with van der Waals surface area (Å²) in [6.07, 6.45) is 0. The van der Waals surface area contributed by atoms with Gasteiger partial charge in [0.2, 0.25) is 0 Å². The number of phenolic OH excluding ortho intramolecular Hbond substituents is 1. The standard InChI is InChI=1S/C13H11IO3S.Al/c1-7(13(16)17)12-11(9(14)6-18-12)8-4-2-3-5-10(8)15;/h2-7,15H,1H3,(H,16,17);/q;+1/p-1. The quantitative estimate of drug-likeness (QED) is 0.634. The minimum absolute atomic E-state index is 0.214. The van der Waals surface area contributed by atoms with Crippen molar-refractivity contribution in [3.63, 3.8) is 0 Å². The molecule has 0 fully saturated rings. The molecular formula is C13H10AlIO3S. The molecule has 1 unspecified atom stereocenters. The largest absolute Gasteiger partial charge is 0.628 e.